The summed E-state index contributed by atoms with van der Waals surface area (Å²) in [6.45, 7) is 0. The summed E-state index contributed by atoms with van der Waals surface area (Å²) in [4.78, 5) is 11.6. The molecule has 1 heteroatoms. The van der Waals surface area contributed by atoms with Gasteiger partial charge < -0.3 is 0 Å². The third-order valence-electron chi connectivity index (χ3n) is 4.68. The van der Waals surface area contributed by atoms with Crippen molar-refractivity contribution in [1.82, 2.24) is 0 Å². The minimum atomic E-state index is 0.494. The van der Waals surface area contributed by atoms with Crippen molar-refractivity contribution in [3.63, 3.8) is 0 Å². The molecule has 0 aromatic carbocycles. The van der Waals surface area contributed by atoms with Gasteiger partial charge in [0.15, 0.2) is 0 Å². The third-order valence-corrected chi connectivity index (χ3v) is 4.68. The Morgan fingerprint density at radius 3 is 2.50 bits per heavy atom. The number of fused-ring (bicyclic) bond motifs is 2. The van der Waals surface area contributed by atoms with Crippen molar-refractivity contribution in [2.24, 2.45) is 23.7 Å². The van der Waals surface area contributed by atoms with E-state index in [-0.39, 0.29) is 0 Å². The Hall–Kier alpha value is -0.330. The molecule has 3 saturated carbocycles. The largest absolute Gasteiger partial charge is 0.299 e. The summed E-state index contributed by atoms with van der Waals surface area (Å²) >= 11 is 0. The molecule has 0 aliphatic heterocycles. The summed E-state index contributed by atoms with van der Waals surface area (Å²) in [5, 5.41) is 0. The van der Waals surface area contributed by atoms with Gasteiger partial charge in [-0.3, -0.25) is 4.79 Å². The van der Waals surface area contributed by atoms with Crippen LogP contribution in [0.5, 0.6) is 0 Å². The molecule has 0 aromatic heterocycles. The van der Waals surface area contributed by atoms with Gasteiger partial charge in [-0.2, -0.15) is 0 Å². The molecule has 3 rings (SSSR count). The van der Waals surface area contributed by atoms with Crippen molar-refractivity contribution in [3.8, 4) is 0 Å². The van der Waals surface area contributed by atoms with Gasteiger partial charge in [-0.05, 0) is 56.3 Å². The van der Waals surface area contributed by atoms with Gasteiger partial charge >= 0.3 is 0 Å². The summed E-state index contributed by atoms with van der Waals surface area (Å²) in [6.07, 6.45) is 10.4. The number of carbonyl (C=O) groups excluding carboxylic acids is 1. The Morgan fingerprint density at radius 2 is 1.93 bits per heavy atom. The maximum atomic E-state index is 11.6. The van der Waals surface area contributed by atoms with Crippen LogP contribution in [0.4, 0.5) is 0 Å². The lowest BCUT2D eigenvalue weighted by molar-refractivity contribution is -0.120. The molecule has 0 radical (unpaired) electrons. The van der Waals surface area contributed by atoms with E-state index < -0.39 is 0 Å². The second kappa shape index (κ2) is 3.36. The molecule has 3 fully saturated rings. The highest BCUT2D eigenvalue weighted by Crippen LogP contribution is 2.50. The third kappa shape index (κ3) is 1.62. The summed E-state index contributed by atoms with van der Waals surface area (Å²) in [7, 11) is 0. The van der Waals surface area contributed by atoms with E-state index in [0.29, 0.717) is 11.7 Å². The highest BCUT2D eigenvalue weighted by molar-refractivity contribution is 5.83. The van der Waals surface area contributed by atoms with Gasteiger partial charge in [0.25, 0.3) is 0 Å². The summed E-state index contributed by atoms with van der Waals surface area (Å²) in [6, 6.07) is 0. The molecule has 3 aliphatic carbocycles. The van der Waals surface area contributed by atoms with Crippen molar-refractivity contribution in [1.29, 1.82) is 0 Å². The SMILES string of the molecule is O=C(CCC1CC2CCC1C2)C1CC1. The number of hydrogen-bond donors (Lipinski definition) is 0. The lowest BCUT2D eigenvalue weighted by Gasteiger charge is -2.20. The molecule has 0 N–H and O–H groups in total. The summed E-state index contributed by atoms with van der Waals surface area (Å²) in [5.74, 6) is 4.05. The molecule has 0 amide bonds. The first kappa shape index (κ1) is 8.94. The number of rotatable bonds is 4. The molecule has 2 bridgehead atoms. The van der Waals surface area contributed by atoms with E-state index in [1.54, 1.807) is 0 Å². The van der Waals surface area contributed by atoms with E-state index in [2.05, 4.69) is 0 Å². The average molecular weight is 192 g/mol. The number of ketones is 1. The first-order valence-corrected chi connectivity index (χ1v) is 6.35. The van der Waals surface area contributed by atoms with E-state index in [1.807, 2.05) is 0 Å². The highest BCUT2D eigenvalue weighted by Gasteiger charge is 2.39. The van der Waals surface area contributed by atoms with Gasteiger partial charge in [0, 0.05) is 12.3 Å². The zero-order chi connectivity index (χ0) is 9.54. The lowest BCUT2D eigenvalue weighted by atomic mass is 9.85. The quantitative estimate of drug-likeness (QED) is 0.668. The van der Waals surface area contributed by atoms with Crippen LogP contribution in [0.3, 0.4) is 0 Å². The fourth-order valence-corrected chi connectivity index (χ4v) is 3.67. The number of Topliss-reactive ketones (excluding diaryl/α,β-unsaturated/α-hetero) is 1. The molecular weight excluding hydrogens is 172 g/mol. The first-order chi connectivity index (χ1) is 6.83. The Balaban J connectivity index is 1.46. The number of hydrogen-bond acceptors (Lipinski definition) is 1. The molecule has 3 aliphatic rings. The predicted molar refractivity (Wildman–Crippen MR) is 55.9 cm³/mol. The monoisotopic (exact) mass is 192 g/mol. The van der Waals surface area contributed by atoms with Crippen LogP contribution in [0.1, 0.15) is 51.4 Å². The van der Waals surface area contributed by atoms with E-state index in [4.69, 9.17) is 0 Å². The van der Waals surface area contributed by atoms with Gasteiger partial charge in [-0.25, -0.2) is 0 Å². The van der Waals surface area contributed by atoms with Crippen molar-refractivity contribution >= 4 is 5.78 Å². The van der Waals surface area contributed by atoms with Crippen LogP contribution < -0.4 is 0 Å². The minimum Gasteiger partial charge on any atom is -0.299 e. The van der Waals surface area contributed by atoms with E-state index in [9.17, 15) is 4.79 Å². The molecule has 14 heavy (non-hydrogen) atoms. The first-order valence-electron chi connectivity index (χ1n) is 6.35. The van der Waals surface area contributed by atoms with Gasteiger partial charge in [0.05, 0.1) is 0 Å². The van der Waals surface area contributed by atoms with Crippen molar-refractivity contribution in [3.05, 3.63) is 0 Å². The van der Waals surface area contributed by atoms with Crippen LogP contribution in [0.15, 0.2) is 0 Å². The van der Waals surface area contributed by atoms with Crippen LogP contribution in [0.25, 0.3) is 0 Å². The van der Waals surface area contributed by atoms with Crippen molar-refractivity contribution in [2.75, 3.05) is 0 Å². The Kier molecular flexibility index (Phi) is 2.14. The van der Waals surface area contributed by atoms with Gasteiger partial charge in [-0.1, -0.05) is 6.42 Å². The van der Waals surface area contributed by atoms with Crippen LogP contribution in [-0.2, 0) is 4.79 Å². The molecular formula is C13H20O. The molecule has 0 aromatic rings. The fourth-order valence-electron chi connectivity index (χ4n) is 3.67. The van der Waals surface area contributed by atoms with Crippen LogP contribution in [-0.4, -0.2) is 5.78 Å². The predicted octanol–water partition coefficient (Wildman–Crippen LogP) is 3.18. The van der Waals surface area contributed by atoms with Crippen LogP contribution >= 0.6 is 0 Å². The number of carbonyl (C=O) groups is 1. The van der Waals surface area contributed by atoms with Crippen molar-refractivity contribution < 1.29 is 4.79 Å². The zero-order valence-electron chi connectivity index (χ0n) is 8.87. The smallest absolute Gasteiger partial charge is 0.135 e. The molecule has 3 atom stereocenters. The normalized spacial score (nSPS) is 40.4. The average Bonchev–Trinajstić information content (AvgIpc) is 2.85. The standard InChI is InChI=1S/C13H20O/c14-13(10-3-4-10)6-5-12-8-9-1-2-11(12)7-9/h9-12H,1-8H2. The molecule has 1 nitrogen and oxygen atoms in total. The molecule has 3 unspecified atom stereocenters. The molecule has 0 heterocycles. The van der Waals surface area contributed by atoms with Gasteiger partial charge in [0.1, 0.15) is 5.78 Å². The lowest BCUT2D eigenvalue weighted by Crippen LogP contribution is -2.12. The van der Waals surface area contributed by atoms with Crippen LogP contribution in [0.2, 0.25) is 0 Å². The topological polar surface area (TPSA) is 17.1 Å². The Bertz CT molecular complexity index is 242. The van der Waals surface area contributed by atoms with E-state index >= 15 is 0 Å². The molecule has 78 valence electrons. The fraction of sp³-hybridized carbons (Fsp3) is 0.923. The molecule has 0 saturated heterocycles. The minimum absolute atomic E-state index is 0.494. The van der Waals surface area contributed by atoms with E-state index in [0.717, 1.165) is 24.2 Å². The zero-order valence-corrected chi connectivity index (χ0v) is 8.87. The maximum absolute atomic E-state index is 11.6. The maximum Gasteiger partial charge on any atom is 0.135 e. The van der Waals surface area contributed by atoms with Crippen molar-refractivity contribution in [2.45, 2.75) is 51.4 Å². The van der Waals surface area contributed by atoms with Gasteiger partial charge in [-0.15, -0.1) is 0 Å². The second-order valence-electron chi connectivity index (χ2n) is 5.71. The Labute approximate surface area is 86.3 Å². The Morgan fingerprint density at radius 1 is 1.07 bits per heavy atom. The van der Waals surface area contributed by atoms with Gasteiger partial charge in [0.2, 0.25) is 0 Å². The molecule has 0 spiro atoms. The van der Waals surface area contributed by atoms with E-state index in [1.165, 1.54) is 44.9 Å². The highest BCUT2D eigenvalue weighted by atomic mass is 16.1. The summed E-state index contributed by atoms with van der Waals surface area (Å²) in [5.41, 5.74) is 0. The van der Waals surface area contributed by atoms with Crippen LogP contribution in [0, 0.1) is 23.7 Å². The summed E-state index contributed by atoms with van der Waals surface area (Å²) < 4.78 is 0. The second-order valence-corrected chi connectivity index (χ2v) is 5.71.